The van der Waals surface area contributed by atoms with E-state index in [1.807, 2.05) is 24.3 Å². The summed E-state index contributed by atoms with van der Waals surface area (Å²) in [5.41, 5.74) is 3.35. The molecule has 0 aliphatic carbocycles. The van der Waals surface area contributed by atoms with Gasteiger partial charge < -0.3 is 24.7 Å². The molecule has 146 valence electrons. The number of rotatable bonds is 6. The van der Waals surface area contributed by atoms with Crippen LogP contribution in [-0.2, 0) is 13.1 Å². The minimum atomic E-state index is 0.293. The maximum atomic E-state index is 5.42. The van der Waals surface area contributed by atoms with Gasteiger partial charge in [-0.15, -0.1) is 0 Å². The van der Waals surface area contributed by atoms with E-state index >= 15 is 0 Å². The number of para-hydroxylation sites is 2. The number of ether oxygens (including phenoxy) is 2. The van der Waals surface area contributed by atoms with Crippen LogP contribution < -0.4 is 20.1 Å². The lowest BCUT2D eigenvalue weighted by atomic mass is 10.2. The molecular formula is C21H25N5O2. The number of aryl methyl sites for hydroxylation is 2. The van der Waals surface area contributed by atoms with Gasteiger partial charge >= 0.3 is 0 Å². The molecule has 7 nitrogen and oxygen atoms in total. The number of guanidine groups is 1. The Kier molecular flexibility index (Phi) is 5.32. The van der Waals surface area contributed by atoms with Crippen LogP contribution in [0.4, 0.5) is 0 Å². The van der Waals surface area contributed by atoms with E-state index < -0.39 is 0 Å². The van der Waals surface area contributed by atoms with Crippen molar-refractivity contribution in [3.05, 3.63) is 53.9 Å². The second-order valence-corrected chi connectivity index (χ2v) is 6.69. The van der Waals surface area contributed by atoms with Crippen molar-refractivity contribution in [3.8, 4) is 11.5 Å². The van der Waals surface area contributed by atoms with Gasteiger partial charge in [-0.3, -0.25) is 4.99 Å². The van der Waals surface area contributed by atoms with Crippen molar-refractivity contribution < 1.29 is 9.47 Å². The van der Waals surface area contributed by atoms with E-state index in [9.17, 15) is 0 Å². The summed E-state index contributed by atoms with van der Waals surface area (Å²) in [4.78, 5) is 8.92. The Balaban J connectivity index is 1.26. The van der Waals surface area contributed by atoms with Crippen molar-refractivity contribution in [1.29, 1.82) is 0 Å². The summed E-state index contributed by atoms with van der Waals surface area (Å²) < 4.78 is 13.0. The van der Waals surface area contributed by atoms with Crippen LogP contribution in [0, 0.1) is 6.92 Å². The second kappa shape index (κ2) is 8.21. The van der Waals surface area contributed by atoms with Crippen molar-refractivity contribution in [2.75, 3.05) is 20.4 Å². The second-order valence-electron chi connectivity index (χ2n) is 6.69. The highest BCUT2D eigenvalue weighted by molar-refractivity contribution is 5.79. The highest BCUT2D eigenvalue weighted by Gasteiger charge is 2.13. The largest absolute Gasteiger partial charge is 0.454 e. The van der Waals surface area contributed by atoms with Gasteiger partial charge in [-0.05, 0) is 43.2 Å². The highest BCUT2D eigenvalue weighted by atomic mass is 16.7. The quantitative estimate of drug-likeness (QED) is 0.391. The van der Waals surface area contributed by atoms with Gasteiger partial charge in [0.05, 0.1) is 11.0 Å². The summed E-state index contributed by atoms with van der Waals surface area (Å²) in [6, 6.07) is 14.2. The van der Waals surface area contributed by atoms with Crippen LogP contribution in [0.1, 0.15) is 17.8 Å². The summed E-state index contributed by atoms with van der Waals surface area (Å²) in [7, 11) is 1.78. The van der Waals surface area contributed by atoms with E-state index in [4.69, 9.17) is 9.47 Å². The van der Waals surface area contributed by atoms with Crippen LogP contribution in [0.25, 0.3) is 11.0 Å². The SMILES string of the molecule is CN=C(NCCCn1c(C)nc2ccccc21)NCc1ccc2c(c1)OCO2. The van der Waals surface area contributed by atoms with Gasteiger partial charge in [0.2, 0.25) is 6.79 Å². The van der Waals surface area contributed by atoms with Crippen molar-refractivity contribution in [2.24, 2.45) is 4.99 Å². The van der Waals surface area contributed by atoms with Gasteiger partial charge in [-0.1, -0.05) is 18.2 Å². The number of imidazole rings is 1. The normalized spacial score (nSPS) is 13.1. The summed E-state index contributed by atoms with van der Waals surface area (Å²) in [5, 5.41) is 6.71. The highest BCUT2D eigenvalue weighted by Crippen LogP contribution is 2.32. The van der Waals surface area contributed by atoms with E-state index in [1.54, 1.807) is 7.05 Å². The number of benzene rings is 2. The van der Waals surface area contributed by atoms with Crippen molar-refractivity contribution in [1.82, 2.24) is 20.2 Å². The molecule has 28 heavy (non-hydrogen) atoms. The number of aliphatic imine (C=N–C) groups is 1. The molecule has 0 spiro atoms. The zero-order valence-electron chi connectivity index (χ0n) is 16.2. The lowest BCUT2D eigenvalue weighted by Gasteiger charge is -2.13. The predicted molar refractivity (Wildman–Crippen MR) is 110 cm³/mol. The van der Waals surface area contributed by atoms with Gasteiger partial charge in [0.25, 0.3) is 0 Å². The molecule has 2 aromatic carbocycles. The van der Waals surface area contributed by atoms with Crippen LogP contribution in [0.15, 0.2) is 47.5 Å². The van der Waals surface area contributed by atoms with E-state index in [-0.39, 0.29) is 0 Å². The Bertz CT molecular complexity index is 996. The minimum absolute atomic E-state index is 0.293. The van der Waals surface area contributed by atoms with Crippen LogP contribution in [0.3, 0.4) is 0 Å². The molecule has 2 heterocycles. The molecule has 0 radical (unpaired) electrons. The smallest absolute Gasteiger partial charge is 0.231 e. The Morgan fingerprint density at radius 1 is 1.14 bits per heavy atom. The molecule has 0 amide bonds. The van der Waals surface area contributed by atoms with Gasteiger partial charge in [0, 0.05) is 26.7 Å². The van der Waals surface area contributed by atoms with Gasteiger partial charge in [0.1, 0.15) is 5.82 Å². The first kappa shape index (κ1) is 18.2. The molecule has 1 aliphatic heterocycles. The zero-order valence-corrected chi connectivity index (χ0v) is 16.2. The molecule has 1 aromatic heterocycles. The lowest BCUT2D eigenvalue weighted by molar-refractivity contribution is 0.174. The number of hydrogen-bond donors (Lipinski definition) is 2. The third-order valence-corrected chi connectivity index (χ3v) is 4.82. The molecule has 2 N–H and O–H groups in total. The summed E-state index contributed by atoms with van der Waals surface area (Å²) >= 11 is 0. The van der Waals surface area contributed by atoms with E-state index in [2.05, 4.69) is 50.3 Å². The first-order valence-corrected chi connectivity index (χ1v) is 9.49. The molecule has 3 aromatic rings. The monoisotopic (exact) mass is 379 g/mol. The zero-order chi connectivity index (χ0) is 19.3. The average Bonchev–Trinajstić information content (AvgIpc) is 3.30. The van der Waals surface area contributed by atoms with E-state index in [0.717, 1.165) is 53.9 Å². The third-order valence-electron chi connectivity index (χ3n) is 4.82. The van der Waals surface area contributed by atoms with Crippen molar-refractivity contribution in [2.45, 2.75) is 26.4 Å². The predicted octanol–water partition coefficient (Wildman–Crippen LogP) is 2.83. The summed E-state index contributed by atoms with van der Waals surface area (Å²) in [5.74, 6) is 3.43. The molecule has 4 rings (SSSR count). The first-order chi connectivity index (χ1) is 13.7. The first-order valence-electron chi connectivity index (χ1n) is 9.49. The van der Waals surface area contributed by atoms with Crippen molar-refractivity contribution in [3.63, 3.8) is 0 Å². The van der Waals surface area contributed by atoms with Gasteiger partial charge in [-0.2, -0.15) is 0 Å². The molecular weight excluding hydrogens is 354 g/mol. The van der Waals surface area contributed by atoms with Crippen molar-refractivity contribution >= 4 is 17.0 Å². The maximum absolute atomic E-state index is 5.42. The Labute approximate surface area is 164 Å². The molecule has 0 atom stereocenters. The number of nitrogens with one attached hydrogen (secondary N) is 2. The van der Waals surface area contributed by atoms with Crippen LogP contribution in [0.2, 0.25) is 0 Å². The molecule has 0 saturated carbocycles. The molecule has 0 fully saturated rings. The number of aromatic nitrogens is 2. The van der Waals surface area contributed by atoms with E-state index in [1.165, 1.54) is 5.52 Å². The number of hydrogen-bond acceptors (Lipinski definition) is 4. The molecule has 7 heteroatoms. The van der Waals surface area contributed by atoms with Crippen LogP contribution >= 0.6 is 0 Å². The van der Waals surface area contributed by atoms with Crippen LogP contribution in [-0.4, -0.2) is 35.9 Å². The summed E-state index contributed by atoms with van der Waals surface area (Å²) in [6.45, 7) is 4.76. The Morgan fingerprint density at radius 3 is 2.89 bits per heavy atom. The maximum Gasteiger partial charge on any atom is 0.231 e. The standard InChI is InChI=1S/C21H25N5O2/c1-15-25-17-6-3-4-7-18(17)26(15)11-5-10-23-21(22-2)24-13-16-8-9-19-20(12-16)28-14-27-19/h3-4,6-9,12H,5,10-11,13-14H2,1-2H3,(H2,22,23,24). The molecule has 1 aliphatic rings. The van der Waals surface area contributed by atoms with E-state index in [0.29, 0.717) is 13.3 Å². The van der Waals surface area contributed by atoms with Crippen LogP contribution in [0.5, 0.6) is 11.5 Å². The van der Waals surface area contributed by atoms with Gasteiger partial charge in [0.15, 0.2) is 17.5 Å². The number of nitrogens with zero attached hydrogens (tertiary/aromatic N) is 3. The lowest BCUT2D eigenvalue weighted by Crippen LogP contribution is -2.37. The minimum Gasteiger partial charge on any atom is -0.454 e. The fourth-order valence-corrected chi connectivity index (χ4v) is 3.38. The molecule has 0 bridgehead atoms. The topological polar surface area (TPSA) is 72.7 Å². The molecule has 0 saturated heterocycles. The average molecular weight is 379 g/mol. The number of fused-ring (bicyclic) bond motifs is 2. The Morgan fingerprint density at radius 2 is 2.00 bits per heavy atom. The fraction of sp³-hybridized carbons (Fsp3) is 0.333. The molecule has 0 unspecified atom stereocenters. The Hall–Kier alpha value is -3.22. The summed E-state index contributed by atoms with van der Waals surface area (Å²) in [6.07, 6.45) is 0.978. The fourth-order valence-electron chi connectivity index (χ4n) is 3.38. The third kappa shape index (κ3) is 3.88. The van der Waals surface area contributed by atoms with Gasteiger partial charge in [-0.25, -0.2) is 4.98 Å².